The van der Waals surface area contributed by atoms with Crippen LogP contribution in [0.5, 0.6) is 0 Å². The predicted octanol–water partition coefficient (Wildman–Crippen LogP) is 1.56. The van der Waals surface area contributed by atoms with Crippen LogP contribution in [-0.2, 0) is 11.8 Å². The zero-order chi connectivity index (χ0) is 14.0. The normalized spacial score (nSPS) is 10.9. The van der Waals surface area contributed by atoms with E-state index in [1.807, 2.05) is 19.0 Å². The van der Waals surface area contributed by atoms with E-state index in [1.165, 1.54) is 6.07 Å². The highest BCUT2D eigenvalue weighted by atomic mass is 16.6. The van der Waals surface area contributed by atoms with Gasteiger partial charge in [-0.2, -0.15) is 5.10 Å². The molecular weight excluding hydrogens is 248 g/mol. The zero-order valence-electron chi connectivity index (χ0n) is 11.2. The molecule has 0 bridgehead atoms. The summed E-state index contributed by atoms with van der Waals surface area (Å²) in [7, 11) is 5.34. The standard InChI is InChI=1S/C12H16N4O3/c1-14(6-7-19-3)12-10-8-9(16(17)18)4-5-11(10)15(2)13-12/h4-5,8H,6-7H2,1-3H3. The number of ether oxygens (including phenoxy) is 1. The van der Waals surface area contributed by atoms with Crippen LogP contribution in [-0.4, -0.2) is 42.0 Å². The van der Waals surface area contributed by atoms with Crippen LogP contribution in [0.4, 0.5) is 11.5 Å². The molecule has 0 atom stereocenters. The third-order valence-electron chi connectivity index (χ3n) is 3.02. The highest BCUT2D eigenvalue weighted by Crippen LogP contribution is 2.28. The lowest BCUT2D eigenvalue weighted by atomic mass is 10.2. The van der Waals surface area contributed by atoms with Crippen LogP contribution in [0.1, 0.15) is 0 Å². The number of hydrogen-bond acceptors (Lipinski definition) is 5. The Kier molecular flexibility index (Phi) is 3.66. The summed E-state index contributed by atoms with van der Waals surface area (Å²) in [5, 5.41) is 16.0. The first-order valence-corrected chi connectivity index (χ1v) is 5.86. The fraction of sp³-hybridized carbons (Fsp3) is 0.417. The number of methoxy groups -OCH3 is 1. The number of anilines is 1. The number of rotatable bonds is 5. The maximum Gasteiger partial charge on any atom is 0.270 e. The average Bonchev–Trinajstić information content (AvgIpc) is 2.73. The predicted molar refractivity (Wildman–Crippen MR) is 72.5 cm³/mol. The van der Waals surface area contributed by atoms with Gasteiger partial charge in [0.05, 0.1) is 22.4 Å². The molecule has 19 heavy (non-hydrogen) atoms. The molecule has 7 heteroatoms. The molecule has 0 N–H and O–H groups in total. The molecule has 7 nitrogen and oxygen atoms in total. The summed E-state index contributed by atoms with van der Waals surface area (Å²) in [6, 6.07) is 4.76. The van der Waals surface area contributed by atoms with Crippen molar-refractivity contribution < 1.29 is 9.66 Å². The molecule has 1 heterocycles. The van der Waals surface area contributed by atoms with E-state index in [-0.39, 0.29) is 5.69 Å². The first-order chi connectivity index (χ1) is 9.04. The van der Waals surface area contributed by atoms with Gasteiger partial charge in [0.1, 0.15) is 0 Å². The number of hydrogen-bond donors (Lipinski definition) is 0. The van der Waals surface area contributed by atoms with Gasteiger partial charge in [-0.3, -0.25) is 14.8 Å². The molecule has 102 valence electrons. The lowest BCUT2D eigenvalue weighted by molar-refractivity contribution is -0.384. The molecule has 0 saturated heterocycles. The molecule has 0 aliphatic heterocycles. The summed E-state index contributed by atoms with van der Waals surface area (Å²) in [5.41, 5.74) is 0.937. The van der Waals surface area contributed by atoms with E-state index in [1.54, 1.807) is 23.9 Å². The fourth-order valence-electron chi connectivity index (χ4n) is 1.96. The number of nitro groups is 1. The molecular formula is C12H16N4O3. The van der Waals surface area contributed by atoms with Crippen molar-refractivity contribution in [3.8, 4) is 0 Å². The summed E-state index contributed by atoms with van der Waals surface area (Å²) in [5.74, 6) is 0.721. The van der Waals surface area contributed by atoms with Crippen molar-refractivity contribution in [2.75, 3.05) is 32.2 Å². The van der Waals surface area contributed by atoms with Crippen LogP contribution in [0.2, 0.25) is 0 Å². The topological polar surface area (TPSA) is 73.4 Å². The molecule has 0 radical (unpaired) electrons. The van der Waals surface area contributed by atoms with Gasteiger partial charge in [-0.25, -0.2) is 0 Å². The number of likely N-dealkylation sites (N-methyl/N-ethyl adjacent to an activating group) is 1. The second kappa shape index (κ2) is 5.23. The Labute approximate surface area is 110 Å². The van der Waals surface area contributed by atoms with E-state index in [9.17, 15) is 10.1 Å². The smallest absolute Gasteiger partial charge is 0.270 e. The quantitative estimate of drug-likeness (QED) is 0.605. The molecule has 0 aliphatic rings. The molecule has 0 fully saturated rings. The largest absolute Gasteiger partial charge is 0.383 e. The van der Waals surface area contributed by atoms with E-state index in [4.69, 9.17) is 4.74 Å². The van der Waals surface area contributed by atoms with Gasteiger partial charge >= 0.3 is 0 Å². The van der Waals surface area contributed by atoms with Crippen LogP contribution >= 0.6 is 0 Å². The van der Waals surface area contributed by atoms with Crippen LogP contribution in [0, 0.1) is 10.1 Å². The minimum Gasteiger partial charge on any atom is -0.383 e. The number of nitro benzene ring substituents is 1. The third kappa shape index (κ3) is 2.50. The van der Waals surface area contributed by atoms with Gasteiger partial charge < -0.3 is 9.64 Å². The van der Waals surface area contributed by atoms with Gasteiger partial charge in [-0.05, 0) is 6.07 Å². The van der Waals surface area contributed by atoms with Crippen molar-refractivity contribution >= 4 is 22.4 Å². The van der Waals surface area contributed by atoms with Crippen LogP contribution in [0.3, 0.4) is 0 Å². The number of fused-ring (bicyclic) bond motifs is 1. The first kappa shape index (κ1) is 13.3. The van der Waals surface area contributed by atoms with E-state index in [2.05, 4.69) is 5.10 Å². The number of non-ortho nitro benzene ring substituents is 1. The number of nitrogens with zero attached hydrogens (tertiary/aromatic N) is 4. The molecule has 2 rings (SSSR count). The van der Waals surface area contributed by atoms with Crippen molar-refractivity contribution in [3.63, 3.8) is 0 Å². The van der Waals surface area contributed by atoms with E-state index in [0.29, 0.717) is 13.2 Å². The molecule has 1 aromatic heterocycles. The lowest BCUT2D eigenvalue weighted by Crippen LogP contribution is -2.22. The summed E-state index contributed by atoms with van der Waals surface area (Å²) >= 11 is 0. The first-order valence-electron chi connectivity index (χ1n) is 5.86. The molecule has 1 aromatic carbocycles. The Morgan fingerprint density at radius 1 is 1.53 bits per heavy atom. The van der Waals surface area contributed by atoms with Crippen molar-refractivity contribution in [1.82, 2.24) is 9.78 Å². The van der Waals surface area contributed by atoms with E-state index >= 15 is 0 Å². The van der Waals surface area contributed by atoms with Gasteiger partial charge in [0, 0.05) is 39.9 Å². The molecule has 0 amide bonds. The minimum atomic E-state index is -0.397. The summed E-state index contributed by atoms with van der Waals surface area (Å²) in [4.78, 5) is 12.4. The van der Waals surface area contributed by atoms with Crippen molar-refractivity contribution in [1.29, 1.82) is 0 Å². The van der Waals surface area contributed by atoms with Gasteiger partial charge in [0.25, 0.3) is 5.69 Å². The lowest BCUT2D eigenvalue weighted by Gasteiger charge is -2.15. The Morgan fingerprint density at radius 2 is 2.26 bits per heavy atom. The molecule has 0 unspecified atom stereocenters. The monoisotopic (exact) mass is 264 g/mol. The third-order valence-corrected chi connectivity index (χ3v) is 3.02. The molecule has 2 aromatic rings. The zero-order valence-corrected chi connectivity index (χ0v) is 11.2. The van der Waals surface area contributed by atoms with Crippen molar-refractivity contribution in [3.05, 3.63) is 28.3 Å². The van der Waals surface area contributed by atoms with Gasteiger partial charge in [0.2, 0.25) is 0 Å². The highest BCUT2D eigenvalue weighted by Gasteiger charge is 2.16. The van der Waals surface area contributed by atoms with Crippen molar-refractivity contribution in [2.45, 2.75) is 0 Å². The van der Waals surface area contributed by atoms with Crippen LogP contribution in [0.15, 0.2) is 18.2 Å². The SMILES string of the molecule is COCCN(C)c1nn(C)c2ccc([N+](=O)[O-])cc12. The Morgan fingerprint density at radius 3 is 2.89 bits per heavy atom. The molecule has 0 saturated carbocycles. The van der Waals surface area contributed by atoms with Crippen molar-refractivity contribution in [2.24, 2.45) is 7.05 Å². The number of aryl methyl sites for hydroxylation is 1. The van der Waals surface area contributed by atoms with E-state index < -0.39 is 4.92 Å². The van der Waals surface area contributed by atoms with Crippen LogP contribution in [0.25, 0.3) is 10.9 Å². The summed E-state index contributed by atoms with van der Waals surface area (Å²) in [6.07, 6.45) is 0. The second-order valence-electron chi connectivity index (χ2n) is 4.32. The number of benzene rings is 1. The maximum atomic E-state index is 10.8. The Bertz CT molecular complexity index is 608. The molecule has 0 spiro atoms. The summed E-state index contributed by atoms with van der Waals surface area (Å²) in [6.45, 7) is 1.24. The van der Waals surface area contributed by atoms with Crippen LogP contribution < -0.4 is 4.90 Å². The molecule has 0 aliphatic carbocycles. The Balaban J connectivity index is 2.48. The maximum absolute atomic E-state index is 10.8. The van der Waals surface area contributed by atoms with E-state index in [0.717, 1.165) is 16.7 Å². The Hall–Kier alpha value is -2.15. The van der Waals surface area contributed by atoms with Gasteiger partial charge in [-0.15, -0.1) is 0 Å². The average molecular weight is 264 g/mol. The highest BCUT2D eigenvalue weighted by molar-refractivity contribution is 5.92. The minimum absolute atomic E-state index is 0.0712. The van der Waals surface area contributed by atoms with Gasteiger partial charge in [0.15, 0.2) is 5.82 Å². The summed E-state index contributed by atoms with van der Waals surface area (Å²) < 4.78 is 6.75. The number of aromatic nitrogens is 2. The second-order valence-corrected chi connectivity index (χ2v) is 4.32. The fourth-order valence-corrected chi connectivity index (χ4v) is 1.96. The van der Waals surface area contributed by atoms with Gasteiger partial charge in [-0.1, -0.05) is 0 Å².